The topological polar surface area (TPSA) is 25.2 Å². The molecule has 2 aliphatic heterocycles. The van der Waals surface area contributed by atoms with Gasteiger partial charge >= 0.3 is 0 Å². The average Bonchev–Trinajstić information content (AvgIpc) is 2.71. The standard InChI is InChI=1S/C25H25FN2O/c1-17-4-2-3-5-22(17)23-10-11-24-20-12-19(15-28(24)25(23)29)14-27(16-20)13-18-6-8-21(26)9-7-18/h2-11,19-20H,12-16H2,1H3/t19-,20-/m1/s1. The van der Waals surface area contributed by atoms with E-state index in [9.17, 15) is 9.18 Å². The van der Waals surface area contributed by atoms with Gasteiger partial charge in [-0.05, 0) is 60.2 Å². The van der Waals surface area contributed by atoms with Crippen molar-refractivity contribution >= 4 is 0 Å². The largest absolute Gasteiger partial charge is 0.311 e. The number of rotatable bonds is 3. The van der Waals surface area contributed by atoms with Crippen LogP contribution in [0, 0.1) is 18.7 Å². The molecule has 0 unspecified atom stereocenters. The van der Waals surface area contributed by atoms with Crippen LogP contribution in [0.25, 0.3) is 11.1 Å². The molecule has 2 aliphatic rings. The smallest absolute Gasteiger partial charge is 0.258 e. The molecule has 1 saturated heterocycles. The summed E-state index contributed by atoms with van der Waals surface area (Å²) in [6.07, 6.45) is 1.14. The zero-order valence-electron chi connectivity index (χ0n) is 16.6. The van der Waals surface area contributed by atoms with E-state index in [2.05, 4.69) is 24.0 Å². The summed E-state index contributed by atoms with van der Waals surface area (Å²) in [7, 11) is 0. The summed E-state index contributed by atoms with van der Waals surface area (Å²) in [4.78, 5) is 15.8. The fourth-order valence-corrected chi connectivity index (χ4v) is 5.10. The lowest BCUT2D eigenvalue weighted by Gasteiger charge is -2.43. The van der Waals surface area contributed by atoms with Gasteiger partial charge in [0, 0.05) is 43.4 Å². The van der Waals surface area contributed by atoms with Crippen LogP contribution in [0.5, 0.6) is 0 Å². The highest BCUT2D eigenvalue weighted by Gasteiger charge is 2.35. The maximum Gasteiger partial charge on any atom is 0.258 e. The summed E-state index contributed by atoms with van der Waals surface area (Å²) in [5.74, 6) is 0.662. The summed E-state index contributed by atoms with van der Waals surface area (Å²) in [5.41, 5.74) is 5.40. The lowest BCUT2D eigenvalue weighted by Crippen LogP contribution is -2.46. The molecule has 0 aliphatic carbocycles. The molecule has 0 saturated carbocycles. The summed E-state index contributed by atoms with van der Waals surface area (Å²) >= 11 is 0. The van der Waals surface area contributed by atoms with Crippen molar-refractivity contribution in [3.63, 3.8) is 0 Å². The number of fused-ring (bicyclic) bond motifs is 4. The van der Waals surface area contributed by atoms with Crippen LogP contribution in [0.3, 0.4) is 0 Å². The Labute approximate surface area is 170 Å². The first kappa shape index (κ1) is 18.3. The van der Waals surface area contributed by atoms with Crippen molar-refractivity contribution in [1.82, 2.24) is 9.47 Å². The molecule has 1 aromatic heterocycles. The lowest BCUT2D eigenvalue weighted by molar-refractivity contribution is 0.114. The molecule has 1 fully saturated rings. The number of likely N-dealkylation sites (tertiary alicyclic amines) is 1. The van der Waals surface area contributed by atoms with Gasteiger partial charge in [0.05, 0.1) is 0 Å². The van der Waals surface area contributed by atoms with Crippen molar-refractivity contribution in [3.05, 3.63) is 93.7 Å². The van der Waals surface area contributed by atoms with Gasteiger partial charge in [0.1, 0.15) is 5.82 Å². The molecule has 5 rings (SSSR count). The van der Waals surface area contributed by atoms with Gasteiger partial charge in [0.25, 0.3) is 5.56 Å². The van der Waals surface area contributed by atoms with E-state index in [1.165, 1.54) is 12.1 Å². The van der Waals surface area contributed by atoms with Crippen LogP contribution in [-0.4, -0.2) is 22.6 Å². The van der Waals surface area contributed by atoms with Crippen molar-refractivity contribution < 1.29 is 4.39 Å². The summed E-state index contributed by atoms with van der Waals surface area (Å²) in [6, 6.07) is 19.1. The number of halogens is 1. The molecular weight excluding hydrogens is 363 g/mol. The highest BCUT2D eigenvalue weighted by Crippen LogP contribution is 2.36. The molecule has 2 aromatic carbocycles. The molecule has 0 radical (unpaired) electrons. The van der Waals surface area contributed by atoms with Crippen molar-refractivity contribution in [3.8, 4) is 11.1 Å². The third kappa shape index (κ3) is 3.42. The predicted molar refractivity (Wildman–Crippen MR) is 113 cm³/mol. The SMILES string of the molecule is Cc1ccccc1-c1ccc2n(c1=O)C[C@@H]1C[C@@H]2CN(Cc2ccc(F)cc2)C1. The fourth-order valence-electron chi connectivity index (χ4n) is 5.10. The van der Waals surface area contributed by atoms with Gasteiger partial charge in [-0.1, -0.05) is 36.4 Å². The minimum absolute atomic E-state index is 0.137. The molecular formula is C25H25FN2O. The van der Waals surface area contributed by atoms with Gasteiger partial charge in [-0.25, -0.2) is 4.39 Å². The van der Waals surface area contributed by atoms with E-state index in [1.54, 1.807) is 0 Å². The molecule has 148 valence electrons. The number of hydrogen-bond donors (Lipinski definition) is 0. The number of nitrogens with zero attached hydrogens (tertiary/aromatic N) is 2. The number of aryl methyl sites for hydroxylation is 1. The van der Waals surface area contributed by atoms with Crippen molar-refractivity contribution in [1.29, 1.82) is 0 Å². The molecule has 29 heavy (non-hydrogen) atoms. The number of pyridine rings is 1. The van der Waals surface area contributed by atoms with E-state index < -0.39 is 0 Å². The minimum Gasteiger partial charge on any atom is -0.311 e. The Balaban J connectivity index is 1.43. The zero-order valence-corrected chi connectivity index (χ0v) is 16.6. The first-order valence-electron chi connectivity index (χ1n) is 10.3. The van der Waals surface area contributed by atoms with Gasteiger partial charge in [-0.15, -0.1) is 0 Å². The van der Waals surface area contributed by atoms with E-state index in [4.69, 9.17) is 0 Å². The van der Waals surface area contributed by atoms with Crippen LogP contribution in [0.15, 0.2) is 65.5 Å². The molecule has 0 N–H and O–H groups in total. The van der Waals surface area contributed by atoms with Crippen LogP contribution < -0.4 is 5.56 Å². The Morgan fingerprint density at radius 1 is 0.931 bits per heavy atom. The maximum absolute atomic E-state index is 13.3. The second-order valence-corrected chi connectivity index (χ2v) is 8.52. The minimum atomic E-state index is -0.193. The Morgan fingerprint density at radius 3 is 2.52 bits per heavy atom. The first-order chi connectivity index (χ1) is 14.1. The van der Waals surface area contributed by atoms with Gasteiger partial charge < -0.3 is 4.57 Å². The van der Waals surface area contributed by atoms with Crippen LogP contribution in [0.4, 0.5) is 4.39 Å². The first-order valence-corrected chi connectivity index (χ1v) is 10.3. The Hall–Kier alpha value is -2.72. The van der Waals surface area contributed by atoms with Crippen molar-refractivity contribution in [2.45, 2.75) is 32.4 Å². The van der Waals surface area contributed by atoms with E-state index >= 15 is 0 Å². The fraction of sp³-hybridized carbons (Fsp3) is 0.320. The Bertz CT molecular complexity index is 1100. The van der Waals surface area contributed by atoms with E-state index in [-0.39, 0.29) is 11.4 Å². The second-order valence-electron chi connectivity index (χ2n) is 8.52. The monoisotopic (exact) mass is 388 g/mol. The van der Waals surface area contributed by atoms with Gasteiger partial charge in [-0.3, -0.25) is 9.69 Å². The van der Waals surface area contributed by atoms with E-state index in [0.29, 0.717) is 11.8 Å². The predicted octanol–water partition coefficient (Wildman–Crippen LogP) is 4.58. The molecule has 2 bridgehead atoms. The third-order valence-electron chi connectivity index (χ3n) is 6.43. The van der Waals surface area contributed by atoms with Gasteiger partial charge in [-0.2, -0.15) is 0 Å². The number of benzene rings is 2. The van der Waals surface area contributed by atoms with E-state index in [0.717, 1.165) is 60.5 Å². The van der Waals surface area contributed by atoms with Crippen LogP contribution in [0.2, 0.25) is 0 Å². The van der Waals surface area contributed by atoms with Crippen LogP contribution >= 0.6 is 0 Å². The summed E-state index contributed by atoms with van der Waals surface area (Å²) in [6.45, 7) is 5.59. The maximum atomic E-state index is 13.3. The molecule has 3 aromatic rings. The highest BCUT2D eigenvalue weighted by molar-refractivity contribution is 5.66. The molecule has 2 atom stereocenters. The highest BCUT2D eigenvalue weighted by atomic mass is 19.1. The van der Waals surface area contributed by atoms with E-state index in [1.807, 2.05) is 41.0 Å². The second kappa shape index (κ2) is 7.27. The molecule has 4 heteroatoms. The normalized spacial score (nSPS) is 21.0. The Morgan fingerprint density at radius 2 is 1.72 bits per heavy atom. The molecule has 0 amide bonds. The quantitative estimate of drug-likeness (QED) is 0.656. The van der Waals surface area contributed by atoms with Crippen molar-refractivity contribution in [2.24, 2.45) is 5.92 Å². The average molecular weight is 388 g/mol. The molecule has 3 nitrogen and oxygen atoms in total. The van der Waals surface area contributed by atoms with Crippen LogP contribution in [0.1, 0.15) is 29.2 Å². The molecule has 3 heterocycles. The number of piperidine rings is 1. The van der Waals surface area contributed by atoms with Crippen molar-refractivity contribution in [2.75, 3.05) is 13.1 Å². The van der Waals surface area contributed by atoms with Gasteiger partial charge in [0.15, 0.2) is 0 Å². The number of hydrogen-bond acceptors (Lipinski definition) is 2. The lowest BCUT2D eigenvalue weighted by atomic mass is 9.82. The zero-order chi connectivity index (χ0) is 20.0. The van der Waals surface area contributed by atoms with Crippen LogP contribution in [-0.2, 0) is 13.1 Å². The van der Waals surface area contributed by atoms with Gasteiger partial charge in [0.2, 0.25) is 0 Å². The Kier molecular flexibility index (Phi) is 4.59. The summed E-state index contributed by atoms with van der Waals surface area (Å²) < 4.78 is 15.2. The third-order valence-corrected chi connectivity index (χ3v) is 6.43. The molecule has 0 spiro atoms. The summed E-state index contributed by atoms with van der Waals surface area (Å²) in [5, 5.41) is 0. The number of aromatic nitrogens is 1.